The molecule has 0 saturated carbocycles. The number of nitrogens with zero attached hydrogens (tertiary/aromatic N) is 1. The van der Waals surface area contributed by atoms with E-state index in [1.54, 1.807) is 18.2 Å². The zero-order valence-electron chi connectivity index (χ0n) is 20.7. The van der Waals surface area contributed by atoms with Gasteiger partial charge in [-0.15, -0.1) is 0 Å². The molecule has 0 atom stereocenters. The Balaban J connectivity index is 1.75. The number of hydrogen-bond acceptors (Lipinski definition) is 4. The molecule has 182 valence electrons. The van der Waals surface area contributed by atoms with Crippen molar-refractivity contribution < 1.29 is 13.9 Å². The van der Waals surface area contributed by atoms with Gasteiger partial charge in [-0.25, -0.2) is 9.37 Å². The predicted molar refractivity (Wildman–Crippen MR) is 135 cm³/mol. The molecule has 2 aromatic carbocycles. The summed E-state index contributed by atoms with van der Waals surface area (Å²) in [5.41, 5.74) is 1.95. The Hall–Kier alpha value is -2.80. The first-order valence-corrected chi connectivity index (χ1v) is 11.8. The lowest BCUT2D eigenvalue weighted by Gasteiger charge is -2.33. The highest BCUT2D eigenvalue weighted by Gasteiger charge is 2.37. The third-order valence-electron chi connectivity index (χ3n) is 5.68. The number of hydrogen-bond donors (Lipinski definition) is 3. The highest BCUT2D eigenvalue weighted by molar-refractivity contribution is 6.33. The van der Waals surface area contributed by atoms with E-state index in [4.69, 9.17) is 16.3 Å². The fourth-order valence-corrected chi connectivity index (χ4v) is 5.14. The first-order valence-electron chi connectivity index (χ1n) is 11.4. The highest BCUT2D eigenvalue weighted by atomic mass is 35.5. The van der Waals surface area contributed by atoms with Gasteiger partial charge in [-0.2, -0.15) is 0 Å². The van der Waals surface area contributed by atoms with Gasteiger partial charge in [-0.3, -0.25) is 4.79 Å². The molecule has 0 spiro atoms. The van der Waals surface area contributed by atoms with Crippen LogP contribution in [0.5, 0.6) is 5.75 Å². The molecule has 8 heteroatoms. The summed E-state index contributed by atoms with van der Waals surface area (Å²) in [6.07, 6.45) is 1.40. The van der Waals surface area contributed by atoms with Crippen LogP contribution in [0.4, 0.5) is 16.0 Å². The molecule has 3 N–H and O–H groups in total. The molecule has 0 saturated heterocycles. The van der Waals surface area contributed by atoms with E-state index in [2.05, 4.69) is 41.4 Å². The summed E-state index contributed by atoms with van der Waals surface area (Å²) in [6, 6.07) is 6.22. The predicted octanol–water partition coefficient (Wildman–Crippen LogP) is 6.76. The first-order chi connectivity index (χ1) is 15.6. The number of aromatic amines is 1. The molecular formula is C26H32ClFN4O2. The molecule has 0 fully saturated rings. The molecule has 34 heavy (non-hydrogen) atoms. The Morgan fingerprint density at radius 3 is 2.62 bits per heavy atom. The van der Waals surface area contributed by atoms with Crippen molar-refractivity contribution in [1.82, 2.24) is 15.3 Å². The maximum absolute atomic E-state index is 14.3. The quantitative estimate of drug-likeness (QED) is 0.372. The number of nitrogens with one attached hydrogen (secondary N) is 3. The van der Waals surface area contributed by atoms with E-state index in [1.807, 2.05) is 27.7 Å². The van der Waals surface area contributed by atoms with Gasteiger partial charge in [0.15, 0.2) is 0 Å². The molecule has 0 unspecified atom stereocenters. The van der Waals surface area contributed by atoms with Crippen molar-refractivity contribution in [2.24, 2.45) is 5.41 Å². The van der Waals surface area contributed by atoms with Crippen molar-refractivity contribution in [2.75, 3.05) is 5.32 Å². The van der Waals surface area contributed by atoms with Crippen molar-refractivity contribution in [3.63, 3.8) is 0 Å². The number of ether oxygens (including phenoxy) is 1. The minimum Gasteiger partial charge on any atom is -0.486 e. The van der Waals surface area contributed by atoms with Crippen molar-refractivity contribution >= 4 is 40.2 Å². The molecule has 6 nitrogen and oxygen atoms in total. The fraction of sp³-hybridized carbons (Fsp3) is 0.462. The summed E-state index contributed by atoms with van der Waals surface area (Å²) in [6.45, 7) is 14.5. The summed E-state index contributed by atoms with van der Waals surface area (Å²) >= 11 is 6.17. The number of imidazole rings is 1. The number of carbonyl (C=O) groups is 1. The van der Waals surface area contributed by atoms with Crippen molar-refractivity contribution in [3.05, 3.63) is 46.2 Å². The lowest BCUT2D eigenvalue weighted by atomic mass is 9.81. The Bertz CT molecular complexity index is 1250. The van der Waals surface area contributed by atoms with Crippen LogP contribution in [0.25, 0.3) is 11.0 Å². The van der Waals surface area contributed by atoms with Crippen LogP contribution >= 0.6 is 11.6 Å². The third-order valence-corrected chi connectivity index (χ3v) is 6.00. The average molecular weight is 487 g/mol. The maximum Gasteiger partial charge on any atom is 0.255 e. The van der Waals surface area contributed by atoms with Gasteiger partial charge in [0.05, 0.1) is 27.3 Å². The average Bonchev–Trinajstić information content (AvgIpc) is 3.20. The summed E-state index contributed by atoms with van der Waals surface area (Å²) in [5, 5.41) is 6.36. The number of halogens is 2. The minimum absolute atomic E-state index is 0.0547. The number of fused-ring (bicyclic) bond motifs is 3. The summed E-state index contributed by atoms with van der Waals surface area (Å²) in [4.78, 5) is 21.3. The number of carbonyl (C=O) groups excluding carboxylic acids is 1. The summed E-state index contributed by atoms with van der Waals surface area (Å²) in [5.74, 6) is 0.193. The van der Waals surface area contributed by atoms with Gasteiger partial charge in [-0.1, -0.05) is 38.4 Å². The summed E-state index contributed by atoms with van der Waals surface area (Å²) in [7, 11) is 0. The summed E-state index contributed by atoms with van der Waals surface area (Å²) < 4.78 is 20.5. The Morgan fingerprint density at radius 2 is 1.97 bits per heavy atom. The lowest BCUT2D eigenvalue weighted by Crippen LogP contribution is -2.45. The Kier molecular flexibility index (Phi) is 5.83. The van der Waals surface area contributed by atoms with Gasteiger partial charge in [0.1, 0.15) is 17.2 Å². The lowest BCUT2D eigenvalue weighted by molar-refractivity contribution is 0.0879. The van der Waals surface area contributed by atoms with Crippen LogP contribution in [0.1, 0.15) is 70.8 Å². The smallest absolute Gasteiger partial charge is 0.255 e. The van der Waals surface area contributed by atoms with Crippen LogP contribution < -0.4 is 15.4 Å². The van der Waals surface area contributed by atoms with Gasteiger partial charge in [-0.05, 0) is 57.7 Å². The second-order valence-electron chi connectivity index (χ2n) is 11.5. The van der Waals surface area contributed by atoms with Gasteiger partial charge >= 0.3 is 0 Å². The highest BCUT2D eigenvalue weighted by Crippen LogP contribution is 2.42. The third kappa shape index (κ3) is 4.99. The van der Waals surface area contributed by atoms with Gasteiger partial charge in [0.2, 0.25) is 5.95 Å². The van der Waals surface area contributed by atoms with E-state index in [1.165, 1.54) is 6.07 Å². The molecule has 3 aromatic rings. The second-order valence-corrected chi connectivity index (χ2v) is 12.0. The number of para-hydroxylation sites is 1. The number of H-pyrrole nitrogens is 1. The van der Waals surface area contributed by atoms with E-state index in [9.17, 15) is 9.18 Å². The molecule has 0 radical (unpaired) electrons. The standard InChI is InChI=1S/C26H32ClFN4O2/c1-24(2,3)13-25(4,5)32-22(33)14-11-18-19(15-12-26(6,7)34-21(14)15)30-23(29-18)31-20-16(27)9-8-10-17(20)28/h8-11H,12-13H2,1-7H3,(H,32,33)(H2,29,30,31). The first kappa shape index (κ1) is 24.3. The fourth-order valence-electron chi connectivity index (χ4n) is 4.93. The largest absolute Gasteiger partial charge is 0.486 e. The number of aromatic nitrogens is 2. The van der Waals surface area contributed by atoms with Gasteiger partial charge in [0.25, 0.3) is 5.91 Å². The van der Waals surface area contributed by atoms with E-state index < -0.39 is 17.0 Å². The van der Waals surface area contributed by atoms with E-state index >= 15 is 0 Å². The normalized spacial score (nSPS) is 15.2. The van der Waals surface area contributed by atoms with E-state index in [0.29, 0.717) is 34.7 Å². The Morgan fingerprint density at radius 1 is 1.26 bits per heavy atom. The zero-order valence-corrected chi connectivity index (χ0v) is 21.5. The van der Waals surface area contributed by atoms with Crippen LogP contribution in [-0.2, 0) is 6.42 Å². The number of rotatable bonds is 5. The topological polar surface area (TPSA) is 79.0 Å². The maximum atomic E-state index is 14.3. The molecular weight excluding hydrogens is 455 g/mol. The van der Waals surface area contributed by atoms with Crippen LogP contribution in [0.15, 0.2) is 24.3 Å². The molecule has 0 bridgehead atoms. The van der Waals surface area contributed by atoms with Crippen LogP contribution in [0, 0.1) is 11.2 Å². The van der Waals surface area contributed by atoms with Gasteiger partial charge in [0, 0.05) is 17.5 Å². The molecule has 1 aliphatic rings. The molecule has 1 aliphatic heterocycles. The SMILES string of the molecule is CC(C)(C)CC(C)(C)NC(=O)c1cc2[nH]c(Nc3c(F)cccc3Cl)nc2c2c1OC(C)(C)C2. The van der Waals surface area contributed by atoms with Crippen molar-refractivity contribution in [3.8, 4) is 5.75 Å². The zero-order chi connectivity index (χ0) is 25.1. The number of anilines is 2. The molecule has 2 heterocycles. The molecule has 0 aliphatic carbocycles. The van der Waals surface area contributed by atoms with Crippen molar-refractivity contribution in [1.29, 1.82) is 0 Å². The van der Waals surface area contributed by atoms with Crippen LogP contribution in [-0.4, -0.2) is 27.0 Å². The van der Waals surface area contributed by atoms with Crippen LogP contribution in [0.2, 0.25) is 5.02 Å². The van der Waals surface area contributed by atoms with Gasteiger partial charge < -0.3 is 20.4 Å². The van der Waals surface area contributed by atoms with Crippen molar-refractivity contribution in [2.45, 2.75) is 72.4 Å². The number of benzene rings is 2. The second kappa shape index (κ2) is 8.15. The van der Waals surface area contributed by atoms with E-state index in [0.717, 1.165) is 12.0 Å². The molecule has 4 rings (SSSR count). The van der Waals surface area contributed by atoms with Crippen LogP contribution in [0.3, 0.4) is 0 Å². The Labute approximate surface area is 204 Å². The molecule has 1 amide bonds. The van der Waals surface area contributed by atoms with E-state index in [-0.39, 0.29) is 22.0 Å². The molecule has 1 aromatic heterocycles. The minimum atomic E-state index is -0.483. The monoisotopic (exact) mass is 486 g/mol. The number of amides is 1.